The van der Waals surface area contributed by atoms with Crippen LogP contribution in [0.3, 0.4) is 0 Å². The molecule has 0 saturated heterocycles. The summed E-state index contributed by atoms with van der Waals surface area (Å²) in [5, 5.41) is 0. The van der Waals surface area contributed by atoms with Crippen LogP contribution in [0.2, 0.25) is 0 Å². The Morgan fingerprint density at radius 2 is 1.00 bits per heavy atom. The van der Waals surface area contributed by atoms with Gasteiger partial charge in [0.1, 0.15) is 0 Å². The molecular formula is C36H47N3. The molecule has 0 aliphatic heterocycles. The average Bonchev–Trinajstić information content (AvgIpc) is 2.88. The Morgan fingerprint density at radius 3 is 1.28 bits per heavy atom. The van der Waals surface area contributed by atoms with Crippen molar-refractivity contribution in [3.8, 4) is 0 Å². The number of pyridine rings is 1. The van der Waals surface area contributed by atoms with Crippen molar-refractivity contribution in [3.63, 3.8) is 0 Å². The van der Waals surface area contributed by atoms with Gasteiger partial charge in [0.15, 0.2) is 0 Å². The van der Waals surface area contributed by atoms with E-state index < -0.39 is 0 Å². The van der Waals surface area contributed by atoms with Crippen LogP contribution in [0.4, 0.5) is 11.4 Å². The number of nitrogens with zero attached hydrogens (tertiary/aromatic N) is 3. The van der Waals surface area contributed by atoms with Crippen LogP contribution in [-0.2, 0) is 6.42 Å². The fraction of sp³-hybridized carbons (Fsp3) is 0.417. The zero-order chi connectivity index (χ0) is 28.9. The molecule has 3 nitrogen and oxygen atoms in total. The van der Waals surface area contributed by atoms with E-state index in [9.17, 15) is 0 Å². The lowest BCUT2D eigenvalue weighted by Gasteiger charge is -2.18. The minimum absolute atomic E-state index is 0.386. The van der Waals surface area contributed by atoms with E-state index in [2.05, 4.69) is 124 Å². The highest BCUT2D eigenvalue weighted by Crippen LogP contribution is 2.36. The summed E-state index contributed by atoms with van der Waals surface area (Å²) in [5.41, 5.74) is 12.0. The Balaban J connectivity index is 2.20. The molecule has 3 heteroatoms. The minimum Gasteiger partial charge on any atom is -0.251 e. The van der Waals surface area contributed by atoms with Gasteiger partial charge >= 0.3 is 0 Å². The molecule has 0 aliphatic carbocycles. The van der Waals surface area contributed by atoms with E-state index in [4.69, 9.17) is 15.0 Å². The number of para-hydroxylation sites is 2. The molecule has 39 heavy (non-hydrogen) atoms. The number of hydrogen-bond acceptors (Lipinski definition) is 3. The molecule has 0 radical (unpaired) electrons. The highest BCUT2D eigenvalue weighted by Gasteiger charge is 2.17. The van der Waals surface area contributed by atoms with Crippen molar-refractivity contribution in [1.82, 2.24) is 4.98 Å². The van der Waals surface area contributed by atoms with Gasteiger partial charge in [-0.05, 0) is 83.9 Å². The third-order valence-electron chi connectivity index (χ3n) is 7.25. The smallest absolute Gasteiger partial charge is 0.0852 e. The quantitative estimate of drug-likeness (QED) is 0.193. The number of allylic oxidation sites excluding steroid dienone is 1. The summed E-state index contributed by atoms with van der Waals surface area (Å²) in [5.74, 6) is 1.54. The van der Waals surface area contributed by atoms with Crippen LogP contribution in [-0.4, -0.2) is 16.4 Å². The van der Waals surface area contributed by atoms with Crippen LogP contribution in [0, 0.1) is 0 Å². The van der Waals surface area contributed by atoms with Crippen molar-refractivity contribution < 1.29 is 0 Å². The molecule has 0 amide bonds. The lowest BCUT2D eigenvalue weighted by molar-refractivity contribution is 0.834. The Bertz CT molecular complexity index is 1220. The molecule has 3 rings (SSSR count). The molecule has 0 unspecified atom stereocenters. The molecule has 1 heterocycles. The van der Waals surface area contributed by atoms with E-state index in [1.165, 1.54) is 22.3 Å². The van der Waals surface area contributed by atoms with Crippen LogP contribution < -0.4 is 0 Å². The van der Waals surface area contributed by atoms with Gasteiger partial charge in [0.2, 0.25) is 0 Å². The van der Waals surface area contributed by atoms with Crippen LogP contribution >= 0.6 is 0 Å². The van der Waals surface area contributed by atoms with Gasteiger partial charge in [0.05, 0.1) is 34.2 Å². The first-order chi connectivity index (χ1) is 18.4. The van der Waals surface area contributed by atoms with Gasteiger partial charge in [-0.2, -0.15) is 0 Å². The molecule has 0 aliphatic rings. The molecule has 0 fully saturated rings. The van der Waals surface area contributed by atoms with Crippen molar-refractivity contribution in [3.05, 3.63) is 100 Å². The zero-order valence-corrected chi connectivity index (χ0v) is 25.8. The van der Waals surface area contributed by atoms with Crippen molar-refractivity contribution in [2.75, 3.05) is 0 Å². The standard InChI is InChI=1S/C36H47N3/c1-12-15-28-20-33(26(10)37-35-29(22(2)3)16-13-17-30(35)23(4)5)39-34(21-28)27(11)38-36-31(24(6)7)18-14-19-32(36)25(8)9/h12-14,16-25H,1,15H2,2-11H3. The highest BCUT2D eigenvalue weighted by atomic mass is 14.8. The number of aromatic nitrogens is 1. The van der Waals surface area contributed by atoms with E-state index in [0.717, 1.165) is 46.2 Å². The Morgan fingerprint density at radius 1 is 0.667 bits per heavy atom. The molecule has 0 atom stereocenters. The highest BCUT2D eigenvalue weighted by molar-refractivity contribution is 6.03. The van der Waals surface area contributed by atoms with E-state index in [1.807, 2.05) is 6.08 Å². The third-order valence-corrected chi connectivity index (χ3v) is 7.25. The molecule has 0 saturated carbocycles. The second-order valence-electron chi connectivity index (χ2n) is 11.8. The van der Waals surface area contributed by atoms with Gasteiger partial charge in [-0.1, -0.05) is 97.9 Å². The Hall–Kier alpha value is -3.33. The Kier molecular flexibility index (Phi) is 10.2. The van der Waals surface area contributed by atoms with Gasteiger partial charge < -0.3 is 0 Å². The minimum atomic E-state index is 0.386. The molecule has 0 spiro atoms. The van der Waals surface area contributed by atoms with Gasteiger partial charge in [-0.25, -0.2) is 4.98 Å². The van der Waals surface area contributed by atoms with Crippen LogP contribution in [0.15, 0.2) is 71.2 Å². The lowest BCUT2D eigenvalue weighted by Crippen LogP contribution is -2.08. The lowest BCUT2D eigenvalue weighted by atomic mass is 9.92. The first kappa shape index (κ1) is 30.2. The summed E-state index contributed by atoms with van der Waals surface area (Å²) >= 11 is 0. The summed E-state index contributed by atoms with van der Waals surface area (Å²) < 4.78 is 0. The topological polar surface area (TPSA) is 37.6 Å². The van der Waals surface area contributed by atoms with Crippen LogP contribution in [0.25, 0.3) is 0 Å². The zero-order valence-electron chi connectivity index (χ0n) is 25.8. The predicted molar refractivity (Wildman–Crippen MR) is 171 cm³/mol. The first-order valence-electron chi connectivity index (χ1n) is 14.4. The monoisotopic (exact) mass is 521 g/mol. The molecule has 1 aromatic heterocycles. The van der Waals surface area contributed by atoms with Crippen molar-refractivity contribution >= 4 is 22.8 Å². The van der Waals surface area contributed by atoms with Crippen molar-refractivity contribution in [2.24, 2.45) is 9.98 Å². The number of hydrogen-bond donors (Lipinski definition) is 0. The average molecular weight is 522 g/mol. The van der Waals surface area contributed by atoms with Crippen LogP contribution in [0.1, 0.15) is 132 Å². The maximum atomic E-state index is 5.22. The number of aliphatic imine (C=N–C) groups is 2. The van der Waals surface area contributed by atoms with E-state index in [0.29, 0.717) is 23.7 Å². The summed E-state index contributed by atoms with van der Waals surface area (Å²) in [6.45, 7) is 26.0. The molecule has 0 N–H and O–H groups in total. The Labute approximate surface area is 237 Å². The molecular weight excluding hydrogens is 474 g/mol. The SMILES string of the molecule is C=CCc1cc(C(C)=Nc2c(C(C)C)cccc2C(C)C)nc(C(C)=Nc2c(C(C)C)cccc2C(C)C)c1. The summed E-state index contributed by atoms with van der Waals surface area (Å²) in [7, 11) is 0. The van der Waals surface area contributed by atoms with Crippen LogP contribution in [0.5, 0.6) is 0 Å². The largest absolute Gasteiger partial charge is 0.251 e. The second kappa shape index (κ2) is 13.2. The van der Waals surface area contributed by atoms with Gasteiger partial charge in [0.25, 0.3) is 0 Å². The predicted octanol–water partition coefficient (Wildman–Crippen LogP) is 10.6. The number of benzene rings is 2. The third kappa shape index (κ3) is 7.20. The van der Waals surface area contributed by atoms with E-state index in [1.54, 1.807) is 0 Å². The van der Waals surface area contributed by atoms with E-state index in [-0.39, 0.29) is 0 Å². The maximum Gasteiger partial charge on any atom is 0.0852 e. The van der Waals surface area contributed by atoms with Gasteiger partial charge in [-0.3, -0.25) is 9.98 Å². The van der Waals surface area contributed by atoms with Crippen molar-refractivity contribution in [1.29, 1.82) is 0 Å². The molecule has 3 aromatic rings. The normalized spacial score (nSPS) is 12.8. The fourth-order valence-electron chi connectivity index (χ4n) is 4.97. The van der Waals surface area contributed by atoms with Crippen molar-refractivity contribution in [2.45, 2.75) is 99.3 Å². The molecule has 2 aromatic carbocycles. The summed E-state index contributed by atoms with van der Waals surface area (Å²) in [6, 6.07) is 17.4. The van der Waals surface area contributed by atoms with E-state index >= 15 is 0 Å². The maximum absolute atomic E-state index is 5.22. The molecule has 0 bridgehead atoms. The second-order valence-corrected chi connectivity index (χ2v) is 11.8. The van der Waals surface area contributed by atoms with Gasteiger partial charge in [0, 0.05) is 0 Å². The summed E-state index contributed by atoms with van der Waals surface area (Å²) in [6.07, 6.45) is 2.71. The number of rotatable bonds is 10. The van der Waals surface area contributed by atoms with Gasteiger partial charge in [-0.15, -0.1) is 6.58 Å². The molecule has 206 valence electrons. The fourth-order valence-corrected chi connectivity index (χ4v) is 4.97. The summed E-state index contributed by atoms with van der Waals surface area (Å²) in [4.78, 5) is 15.6. The first-order valence-corrected chi connectivity index (χ1v) is 14.4.